The largest absolute Gasteiger partial charge is 0.499 e. The molecule has 0 radical (unpaired) electrons. The summed E-state index contributed by atoms with van der Waals surface area (Å²) in [6, 6.07) is 8.62. The molecule has 5 heteroatoms. The highest BCUT2D eigenvalue weighted by Crippen LogP contribution is 2.21. The summed E-state index contributed by atoms with van der Waals surface area (Å²) in [6.07, 6.45) is 0.989. The zero-order valence-electron chi connectivity index (χ0n) is 10.7. The van der Waals surface area contributed by atoms with Gasteiger partial charge in [0, 0.05) is 15.5 Å². The van der Waals surface area contributed by atoms with Crippen molar-refractivity contribution in [3.63, 3.8) is 0 Å². The average molecular weight is 263 g/mol. The Morgan fingerprint density at radius 3 is 2.72 bits per heavy atom. The van der Waals surface area contributed by atoms with E-state index in [2.05, 4.69) is 31.3 Å². The van der Waals surface area contributed by atoms with Crippen molar-refractivity contribution >= 4 is 33.3 Å². The molecule has 1 aromatic heterocycles. The number of rotatable bonds is 5. The van der Waals surface area contributed by atoms with Gasteiger partial charge in [0.2, 0.25) is 0 Å². The molecule has 1 heterocycles. The molecule has 0 spiro atoms. The number of hydrogen-bond donors (Lipinski definition) is 3. The lowest BCUT2D eigenvalue weighted by molar-refractivity contribution is 0.427. The van der Waals surface area contributed by atoms with Crippen molar-refractivity contribution in [2.75, 3.05) is 6.54 Å². The first-order valence-electron chi connectivity index (χ1n) is 6.18. The first-order valence-corrected chi connectivity index (χ1v) is 7.00. The molecule has 1 aromatic carbocycles. The summed E-state index contributed by atoms with van der Waals surface area (Å²) in [5, 5.41) is 22.8. The fourth-order valence-corrected chi connectivity index (χ4v) is 2.88. The predicted molar refractivity (Wildman–Crippen MR) is 78.5 cm³/mol. The summed E-state index contributed by atoms with van der Waals surface area (Å²) in [5.74, 6) is 0. The minimum Gasteiger partial charge on any atom is -0.423 e. The summed E-state index contributed by atoms with van der Waals surface area (Å²) < 4.78 is 1.71. The summed E-state index contributed by atoms with van der Waals surface area (Å²) in [4.78, 5) is 0. The average Bonchev–Trinajstić information content (AvgIpc) is 2.71. The van der Waals surface area contributed by atoms with Crippen LogP contribution in [0.15, 0.2) is 24.3 Å². The Bertz CT molecular complexity index is 525. The molecular weight excluding hydrogens is 245 g/mol. The molecule has 3 nitrogen and oxygen atoms in total. The molecule has 0 aliphatic carbocycles. The van der Waals surface area contributed by atoms with Gasteiger partial charge >= 0.3 is 7.12 Å². The molecule has 0 saturated carbocycles. The zero-order chi connectivity index (χ0) is 13.1. The van der Waals surface area contributed by atoms with Gasteiger partial charge in [-0.2, -0.15) is 0 Å². The molecule has 0 aliphatic rings. The van der Waals surface area contributed by atoms with Crippen LogP contribution in [0.3, 0.4) is 0 Å². The van der Waals surface area contributed by atoms with E-state index in [0.717, 1.165) is 23.1 Å². The van der Waals surface area contributed by atoms with Crippen molar-refractivity contribution in [3.8, 4) is 0 Å². The zero-order valence-corrected chi connectivity index (χ0v) is 11.5. The van der Waals surface area contributed by atoms with Crippen LogP contribution >= 0.6 is 11.3 Å². The fourth-order valence-electron chi connectivity index (χ4n) is 1.88. The van der Waals surface area contributed by atoms with E-state index in [1.54, 1.807) is 0 Å². The Labute approximate surface area is 112 Å². The van der Waals surface area contributed by atoms with Crippen molar-refractivity contribution in [1.82, 2.24) is 5.32 Å². The summed E-state index contributed by atoms with van der Waals surface area (Å²) >= 11 is 1.44. The van der Waals surface area contributed by atoms with Gasteiger partial charge in [-0.25, -0.2) is 0 Å². The van der Waals surface area contributed by atoms with Gasteiger partial charge in [-0.1, -0.05) is 26.0 Å². The second-order valence-corrected chi connectivity index (χ2v) is 5.87. The van der Waals surface area contributed by atoms with E-state index < -0.39 is 7.12 Å². The van der Waals surface area contributed by atoms with Gasteiger partial charge in [-0.3, -0.25) is 0 Å². The summed E-state index contributed by atoms with van der Waals surface area (Å²) in [6.45, 7) is 5.23. The molecule has 0 saturated heterocycles. The molecule has 0 amide bonds. The molecular formula is C13H18BNO2S. The second kappa shape index (κ2) is 5.84. The molecule has 0 atom stereocenters. The Morgan fingerprint density at radius 1 is 1.28 bits per heavy atom. The van der Waals surface area contributed by atoms with Crippen LogP contribution in [0.5, 0.6) is 0 Å². The molecule has 0 aliphatic heterocycles. The number of thiophene rings is 1. The number of benzene rings is 1. The van der Waals surface area contributed by atoms with Gasteiger partial charge in [-0.05, 0) is 36.0 Å². The lowest BCUT2D eigenvalue weighted by Crippen LogP contribution is -2.26. The van der Waals surface area contributed by atoms with Crippen LogP contribution in [0.1, 0.15) is 19.4 Å². The normalized spacial score (nSPS) is 11.4. The standard InChI is InChI=1S/C13H18BNO2S/c1-9(2)15-6-5-10-3-4-11-8-13(14(16)17)18-12(11)7-10/h3-4,7-9,15-17H,5-6H2,1-2H3. The maximum atomic E-state index is 9.15. The highest BCUT2D eigenvalue weighted by Gasteiger charge is 2.14. The van der Waals surface area contributed by atoms with Crippen molar-refractivity contribution in [3.05, 3.63) is 29.8 Å². The Kier molecular flexibility index (Phi) is 4.40. The first kappa shape index (κ1) is 13.6. The third-order valence-corrected chi connectivity index (χ3v) is 3.96. The van der Waals surface area contributed by atoms with E-state index >= 15 is 0 Å². The highest BCUT2D eigenvalue weighted by atomic mass is 32.1. The molecule has 2 rings (SSSR count). The van der Waals surface area contributed by atoms with Crippen molar-refractivity contribution in [2.45, 2.75) is 26.3 Å². The molecule has 0 fully saturated rings. The van der Waals surface area contributed by atoms with E-state index in [-0.39, 0.29) is 0 Å². The summed E-state index contributed by atoms with van der Waals surface area (Å²) in [7, 11) is -1.37. The molecule has 96 valence electrons. The highest BCUT2D eigenvalue weighted by molar-refractivity contribution is 7.27. The second-order valence-electron chi connectivity index (χ2n) is 4.75. The van der Waals surface area contributed by atoms with Gasteiger partial charge in [0.25, 0.3) is 0 Å². The first-order chi connectivity index (χ1) is 8.56. The Morgan fingerprint density at radius 2 is 2.06 bits per heavy atom. The van der Waals surface area contributed by atoms with E-state index in [9.17, 15) is 0 Å². The predicted octanol–water partition coefficient (Wildman–Crippen LogP) is 1.12. The Hall–Kier alpha value is -0.875. The van der Waals surface area contributed by atoms with Crippen LogP contribution in [0.25, 0.3) is 10.1 Å². The quantitative estimate of drug-likeness (QED) is 0.709. The maximum absolute atomic E-state index is 9.15. The molecule has 2 aromatic rings. The van der Waals surface area contributed by atoms with E-state index in [1.807, 2.05) is 12.1 Å². The van der Waals surface area contributed by atoms with Crippen molar-refractivity contribution in [1.29, 1.82) is 0 Å². The van der Waals surface area contributed by atoms with Gasteiger partial charge in [0.05, 0.1) is 0 Å². The SMILES string of the molecule is CC(C)NCCc1ccc2cc(B(O)O)sc2c1. The third kappa shape index (κ3) is 3.33. The minimum atomic E-state index is -1.37. The van der Waals surface area contributed by atoms with Gasteiger partial charge in [-0.15, -0.1) is 11.3 Å². The van der Waals surface area contributed by atoms with Crippen molar-refractivity contribution < 1.29 is 10.0 Å². The third-order valence-electron chi connectivity index (χ3n) is 2.82. The van der Waals surface area contributed by atoms with Gasteiger partial charge < -0.3 is 15.4 Å². The molecule has 0 bridgehead atoms. The van der Waals surface area contributed by atoms with Crippen molar-refractivity contribution in [2.24, 2.45) is 0 Å². The maximum Gasteiger partial charge on any atom is 0.499 e. The van der Waals surface area contributed by atoms with E-state index in [4.69, 9.17) is 10.0 Å². The minimum absolute atomic E-state index is 0.506. The monoisotopic (exact) mass is 263 g/mol. The molecule has 0 unspecified atom stereocenters. The lowest BCUT2D eigenvalue weighted by Gasteiger charge is -2.07. The van der Waals surface area contributed by atoms with Crippen LogP contribution in [0.4, 0.5) is 0 Å². The van der Waals surface area contributed by atoms with Crippen LogP contribution in [-0.4, -0.2) is 29.8 Å². The van der Waals surface area contributed by atoms with E-state index in [1.165, 1.54) is 16.9 Å². The van der Waals surface area contributed by atoms with Crippen LogP contribution in [-0.2, 0) is 6.42 Å². The van der Waals surface area contributed by atoms with Gasteiger partial charge in [0.1, 0.15) is 0 Å². The smallest absolute Gasteiger partial charge is 0.423 e. The summed E-state index contributed by atoms with van der Waals surface area (Å²) in [5.41, 5.74) is 1.27. The van der Waals surface area contributed by atoms with Gasteiger partial charge in [0.15, 0.2) is 0 Å². The van der Waals surface area contributed by atoms with E-state index in [0.29, 0.717) is 10.8 Å². The fraction of sp³-hybridized carbons (Fsp3) is 0.385. The number of nitrogens with one attached hydrogen (secondary N) is 1. The number of hydrogen-bond acceptors (Lipinski definition) is 4. The van der Waals surface area contributed by atoms with Crippen LogP contribution in [0.2, 0.25) is 0 Å². The lowest BCUT2D eigenvalue weighted by atomic mass is 9.89. The number of fused-ring (bicyclic) bond motifs is 1. The van der Waals surface area contributed by atoms with Crippen LogP contribution < -0.4 is 10.1 Å². The molecule has 18 heavy (non-hydrogen) atoms. The van der Waals surface area contributed by atoms with Crippen LogP contribution in [0, 0.1) is 0 Å². The Balaban J connectivity index is 2.11. The molecule has 3 N–H and O–H groups in total. The topological polar surface area (TPSA) is 52.5 Å².